The molecule has 0 radical (unpaired) electrons. The maximum absolute atomic E-state index is 12.9. The second-order valence-corrected chi connectivity index (χ2v) is 9.23. The maximum Gasteiger partial charge on any atom is 0.240 e. The number of nitrogens with one attached hydrogen (secondary N) is 1. The number of piperidine rings is 1. The van der Waals surface area contributed by atoms with E-state index < -0.39 is 21.9 Å². The Bertz CT molecular complexity index is 706. The van der Waals surface area contributed by atoms with Crippen LogP contribution in [0, 0.1) is 11.2 Å². The van der Waals surface area contributed by atoms with Crippen LogP contribution in [0.5, 0.6) is 0 Å². The second kappa shape index (κ2) is 7.39. The summed E-state index contributed by atoms with van der Waals surface area (Å²) in [6.07, 6.45) is 1.03. The van der Waals surface area contributed by atoms with Gasteiger partial charge >= 0.3 is 0 Å². The van der Waals surface area contributed by atoms with Gasteiger partial charge in [0.05, 0.1) is 10.9 Å². The summed E-state index contributed by atoms with van der Waals surface area (Å²) in [4.78, 5) is 14.1. The first-order valence-electron chi connectivity index (χ1n) is 8.33. The number of hydrogen-bond acceptors (Lipinski definition) is 4. The summed E-state index contributed by atoms with van der Waals surface area (Å²) in [5.41, 5.74) is 5.70. The highest BCUT2D eigenvalue weighted by molar-refractivity contribution is 7.89. The normalized spacial score (nSPS) is 18.2. The van der Waals surface area contributed by atoms with E-state index in [-0.39, 0.29) is 22.3 Å². The van der Waals surface area contributed by atoms with E-state index in [0.29, 0.717) is 25.9 Å². The number of carbonyl (C=O) groups excluding carboxylic acids is 1. The lowest BCUT2D eigenvalue weighted by molar-refractivity contribution is -0.136. The van der Waals surface area contributed by atoms with Crippen molar-refractivity contribution in [3.8, 4) is 0 Å². The molecule has 1 amide bonds. The molecule has 0 saturated carbocycles. The molecule has 8 heteroatoms. The lowest BCUT2D eigenvalue weighted by Crippen LogP contribution is -2.54. The highest BCUT2D eigenvalue weighted by Crippen LogP contribution is 2.21. The number of halogens is 1. The molecule has 3 N–H and O–H groups in total. The molecule has 1 aromatic carbocycles. The van der Waals surface area contributed by atoms with Crippen LogP contribution in [0.25, 0.3) is 0 Å². The summed E-state index contributed by atoms with van der Waals surface area (Å²) in [5.74, 6) is -0.590. The van der Waals surface area contributed by atoms with E-state index in [4.69, 9.17) is 5.73 Å². The minimum Gasteiger partial charge on any atom is -0.341 e. The van der Waals surface area contributed by atoms with Crippen LogP contribution in [0.15, 0.2) is 29.2 Å². The molecule has 1 fully saturated rings. The van der Waals surface area contributed by atoms with Crippen LogP contribution in [0.4, 0.5) is 4.39 Å². The molecule has 6 nitrogen and oxygen atoms in total. The fraction of sp³-hybridized carbons (Fsp3) is 0.588. The number of rotatable bonds is 4. The largest absolute Gasteiger partial charge is 0.341 e. The summed E-state index contributed by atoms with van der Waals surface area (Å²) in [7, 11) is -3.70. The van der Waals surface area contributed by atoms with Gasteiger partial charge in [-0.1, -0.05) is 20.8 Å². The van der Waals surface area contributed by atoms with Crippen molar-refractivity contribution >= 4 is 15.9 Å². The van der Waals surface area contributed by atoms with Gasteiger partial charge in [-0.2, -0.15) is 0 Å². The molecule has 0 bridgehead atoms. The van der Waals surface area contributed by atoms with Gasteiger partial charge in [-0.15, -0.1) is 0 Å². The number of nitrogens with two attached hydrogens (primary N) is 1. The average Bonchev–Trinajstić information content (AvgIpc) is 2.53. The van der Waals surface area contributed by atoms with Crippen LogP contribution < -0.4 is 10.5 Å². The molecule has 25 heavy (non-hydrogen) atoms. The van der Waals surface area contributed by atoms with Crippen LogP contribution in [0.1, 0.15) is 33.6 Å². The number of sulfonamides is 1. The van der Waals surface area contributed by atoms with Crippen molar-refractivity contribution in [2.45, 2.75) is 50.6 Å². The molecule has 0 unspecified atom stereocenters. The molecule has 1 atom stereocenters. The predicted octanol–water partition coefficient (Wildman–Crippen LogP) is 1.47. The third-order valence-corrected chi connectivity index (χ3v) is 5.99. The zero-order valence-corrected chi connectivity index (χ0v) is 15.6. The van der Waals surface area contributed by atoms with E-state index >= 15 is 0 Å². The highest BCUT2D eigenvalue weighted by Gasteiger charge is 2.33. The van der Waals surface area contributed by atoms with Crippen LogP contribution in [-0.2, 0) is 14.8 Å². The highest BCUT2D eigenvalue weighted by atomic mass is 32.2. The van der Waals surface area contributed by atoms with E-state index in [1.54, 1.807) is 4.90 Å². The van der Waals surface area contributed by atoms with Crippen LogP contribution in [0.2, 0.25) is 0 Å². The van der Waals surface area contributed by atoms with Crippen molar-refractivity contribution in [2.24, 2.45) is 11.1 Å². The zero-order valence-electron chi connectivity index (χ0n) is 14.8. The molecule has 0 spiro atoms. The van der Waals surface area contributed by atoms with Crippen molar-refractivity contribution < 1.29 is 17.6 Å². The third-order valence-electron chi connectivity index (χ3n) is 4.45. The molecule has 0 aliphatic carbocycles. The molecule has 0 aromatic heterocycles. The van der Waals surface area contributed by atoms with Gasteiger partial charge in [-0.05, 0) is 42.5 Å². The molecular formula is C17H26FN3O3S. The minimum atomic E-state index is -3.70. The van der Waals surface area contributed by atoms with E-state index in [9.17, 15) is 17.6 Å². The number of nitrogens with zero attached hydrogens (tertiary/aromatic N) is 1. The molecular weight excluding hydrogens is 345 g/mol. The van der Waals surface area contributed by atoms with Crippen molar-refractivity contribution in [3.63, 3.8) is 0 Å². The van der Waals surface area contributed by atoms with Crippen LogP contribution in [0.3, 0.4) is 0 Å². The molecule has 1 aliphatic rings. The Morgan fingerprint density at radius 2 is 1.76 bits per heavy atom. The van der Waals surface area contributed by atoms with Gasteiger partial charge in [0.15, 0.2) is 0 Å². The Morgan fingerprint density at radius 3 is 2.24 bits per heavy atom. The first kappa shape index (κ1) is 19.8. The number of hydrogen-bond donors (Lipinski definition) is 2. The Balaban J connectivity index is 1.94. The van der Waals surface area contributed by atoms with Gasteiger partial charge in [-0.25, -0.2) is 17.5 Å². The standard InChI is InChI=1S/C17H26FN3O3S/c1-17(2,3)15(19)16(22)21-10-8-13(9-11-21)20-25(23,24)14-6-4-12(18)5-7-14/h4-7,13,15,20H,8-11,19H2,1-3H3/t15-/m1/s1. The summed E-state index contributed by atoms with van der Waals surface area (Å²) in [6, 6.07) is 3.86. The van der Waals surface area contributed by atoms with Crippen LogP contribution in [-0.4, -0.2) is 44.4 Å². The summed E-state index contributed by atoms with van der Waals surface area (Å²) >= 11 is 0. The first-order valence-corrected chi connectivity index (χ1v) is 9.81. The van der Waals surface area contributed by atoms with Crippen molar-refractivity contribution in [1.82, 2.24) is 9.62 Å². The predicted molar refractivity (Wildman–Crippen MR) is 93.8 cm³/mol. The van der Waals surface area contributed by atoms with Gasteiger partial charge in [0.2, 0.25) is 15.9 Å². The topological polar surface area (TPSA) is 92.5 Å². The Morgan fingerprint density at radius 1 is 1.24 bits per heavy atom. The molecule has 1 aliphatic heterocycles. The van der Waals surface area contributed by atoms with Gasteiger partial charge in [0.25, 0.3) is 0 Å². The van der Waals surface area contributed by atoms with Gasteiger partial charge in [0.1, 0.15) is 5.82 Å². The zero-order chi connectivity index (χ0) is 18.8. The van der Waals surface area contributed by atoms with Crippen molar-refractivity contribution in [2.75, 3.05) is 13.1 Å². The van der Waals surface area contributed by atoms with E-state index in [2.05, 4.69) is 4.72 Å². The molecule has 140 valence electrons. The number of carbonyl (C=O) groups is 1. The molecule has 1 aromatic rings. The van der Waals surface area contributed by atoms with Gasteiger partial charge in [-0.3, -0.25) is 4.79 Å². The Labute approximate surface area is 148 Å². The molecule has 2 rings (SSSR count). The Kier molecular flexibility index (Phi) is 5.86. The fourth-order valence-corrected chi connectivity index (χ4v) is 3.99. The number of amides is 1. The maximum atomic E-state index is 12.9. The van der Waals surface area contributed by atoms with Crippen LogP contribution >= 0.6 is 0 Å². The van der Waals surface area contributed by atoms with E-state index in [1.165, 1.54) is 12.1 Å². The van der Waals surface area contributed by atoms with Crippen molar-refractivity contribution in [1.29, 1.82) is 0 Å². The van der Waals surface area contributed by atoms with Gasteiger partial charge < -0.3 is 10.6 Å². The lowest BCUT2D eigenvalue weighted by atomic mass is 9.86. The molecule has 1 heterocycles. The summed E-state index contributed by atoms with van der Waals surface area (Å²) < 4.78 is 40.2. The number of benzene rings is 1. The first-order chi connectivity index (χ1) is 11.5. The quantitative estimate of drug-likeness (QED) is 0.838. The average molecular weight is 371 g/mol. The fourth-order valence-electron chi connectivity index (χ4n) is 2.69. The second-order valence-electron chi connectivity index (χ2n) is 7.52. The minimum absolute atomic E-state index is 0.0298. The Hall–Kier alpha value is -1.51. The monoisotopic (exact) mass is 371 g/mol. The third kappa shape index (κ3) is 4.99. The SMILES string of the molecule is CC(C)(C)[C@H](N)C(=O)N1CCC(NS(=O)(=O)c2ccc(F)cc2)CC1. The summed E-state index contributed by atoms with van der Waals surface area (Å²) in [6.45, 7) is 6.66. The van der Waals surface area contributed by atoms with Gasteiger partial charge in [0, 0.05) is 19.1 Å². The van der Waals surface area contributed by atoms with Crippen molar-refractivity contribution in [3.05, 3.63) is 30.1 Å². The summed E-state index contributed by atoms with van der Waals surface area (Å²) in [5, 5.41) is 0. The smallest absolute Gasteiger partial charge is 0.240 e. The lowest BCUT2D eigenvalue weighted by Gasteiger charge is -2.36. The van der Waals surface area contributed by atoms with E-state index in [1.807, 2.05) is 20.8 Å². The molecule has 1 saturated heterocycles. The number of likely N-dealkylation sites (tertiary alicyclic amines) is 1. The van der Waals surface area contributed by atoms with E-state index in [0.717, 1.165) is 12.1 Å².